The SMILES string of the molecule is CCCCN(CCC)C(=O)NCc1cccc(Cl)c1. The lowest BCUT2D eigenvalue weighted by Crippen LogP contribution is -2.40. The van der Waals surface area contributed by atoms with Crippen molar-refractivity contribution in [1.82, 2.24) is 10.2 Å². The molecule has 2 amide bonds. The van der Waals surface area contributed by atoms with Gasteiger partial charge in [-0.2, -0.15) is 0 Å². The lowest BCUT2D eigenvalue weighted by Gasteiger charge is -2.22. The van der Waals surface area contributed by atoms with Crippen molar-refractivity contribution in [2.45, 2.75) is 39.7 Å². The fourth-order valence-corrected chi connectivity index (χ4v) is 2.08. The van der Waals surface area contributed by atoms with Crippen LogP contribution in [0.2, 0.25) is 5.02 Å². The summed E-state index contributed by atoms with van der Waals surface area (Å²) >= 11 is 5.92. The molecule has 1 aromatic carbocycles. The van der Waals surface area contributed by atoms with E-state index in [-0.39, 0.29) is 6.03 Å². The predicted octanol–water partition coefficient (Wildman–Crippen LogP) is 4.06. The molecule has 0 aromatic heterocycles. The number of unbranched alkanes of at least 4 members (excludes halogenated alkanes) is 1. The molecule has 0 aliphatic rings. The third-order valence-corrected chi connectivity index (χ3v) is 3.13. The van der Waals surface area contributed by atoms with E-state index in [0.717, 1.165) is 37.9 Å². The van der Waals surface area contributed by atoms with Crippen LogP contribution in [-0.4, -0.2) is 24.0 Å². The molecule has 0 spiro atoms. The van der Waals surface area contributed by atoms with Crippen LogP contribution in [0.1, 0.15) is 38.7 Å². The van der Waals surface area contributed by atoms with Crippen molar-refractivity contribution >= 4 is 17.6 Å². The molecule has 0 heterocycles. The average Bonchev–Trinajstić information content (AvgIpc) is 2.41. The maximum absolute atomic E-state index is 12.1. The second-order valence-electron chi connectivity index (χ2n) is 4.63. The second kappa shape index (κ2) is 8.81. The summed E-state index contributed by atoms with van der Waals surface area (Å²) in [4.78, 5) is 14.0. The van der Waals surface area contributed by atoms with Gasteiger partial charge in [-0.25, -0.2) is 4.79 Å². The molecular weight excluding hydrogens is 260 g/mol. The Labute approximate surface area is 120 Å². The van der Waals surface area contributed by atoms with Crippen LogP contribution in [-0.2, 0) is 6.54 Å². The van der Waals surface area contributed by atoms with Gasteiger partial charge < -0.3 is 10.2 Å². The summed E-state index contributed by atoms with van der Waals surface area (Å²) in [6, 6.07) is 7.57. The molecule has 0 aliphatic heterocycles. The number of carbonyl (C=O) groups is 1. The topological polar surface area (TPSA) is 32.3 Å². The minimum absolute atomic E-state index is 0.00951. The van der Waals surface area contributed by atoms with Crippen molar-refractivity contribution in [3.8, 4) is 0 Å². The van der Waals surface area contributed by atoms with Crippen molar-refractivity contribution in [3.05, 3.63) is 34.9 Å². The third kappa shape index (κ3) is 5.97. The molecule has 0 saturated carbocycles. The molecule has 0 unspecified atom stereocenters. The van der Waals surface area contributed by atoms with Gasteiger partial charge in [0.15, 0.2) is 0 Å². The fourth-order valence-electron chi connectivity index (χ4n) is 1.87. The van der Waals surface area contributed by atoms with E-state index in [1.54, 1.807) is 0 Å². The van der Waals surface area contributed by atoms with Gasteiger partial charge in [-0.05, 0) is 30.5 Å². The van der Waals surface area contributed by atoms with Gasteiger partial charge in [-0.3, -0.25) is 0 Å². The first-order valence-corrected chi connectivity index (χ1v) is 7.32. The van der Waals surface area contributed by atoms with E-state index < -0.39 is 0 Å². The predicted molar refractivity (Wildman–Crippen MR) is 80.5 cm³/mol. The summed E-state index contributed by atoms with van der Waals surface area (Å²) in [5, 5.41) is 3.65. The standard InChI is InChI=1S/C15H23ClN2O/c1-3-5-10-18(9-4-2)15(19)17-12-13-7-6-8-14(16)11-13/h6-8,11H,3-5,9-10,12H2,1-2H3,(H,17,19). The highest BCUT2D eigenvalue weighted by atomic mass is 35.5. The normalized spacial score (nSPS) is 10.3. The summed E-state index contributed by atoms with van der Waals surface area (Å²) in [6.07, 6.45) is 3.13. The van der Waals surface area contributed by atoms with Crippen LogP contribution in [0.3, 0.4) is 0 Å². The summed E-state index contributed by atoms with van der Waals surface area (Å²) < 4.78 is 0. The molecule has 0 bridgehead atoms. The molecular formula is C15H23ClN2O. The average molecular weight is 283 g/mol. The van der Waals surface area contributed by atoms with Crippen LogP contribution in [0, 0.1) is 0 Å². The Kier molecular flexibility index (Phi) is 7.34. The number of rotatable bonds is 7. The van der Waals surface area contributed by atoms with Crippen LogP contribution in [0.4, 0.5) is 4.79 Å². The van der Waals surface area contributed by atoms with Crippen molar-refractivity contribution in [2.75, 3.05) is 13.1 Å². The first-order valence-electron chi connectivity index (χ1n) is 6.94. The first kappa shape index (κ1) is 15.8. The summed E-state index contributed by atoms with van der Waals surface area (Å²) in [5.41, 5.74) is 1.02. The molecule has 0 atom stereocenters. The fraction of sp³-hybridized carbons (Fsp3) is 0.533. The highest BCUT2D eigenvalue weighted by molar-refractivity contribution is 6.30. The molecule has 4 heteroatoms. The zero-order valence-corrected chi connectivity index (χ0v) is 12.5. The van der Waals surface area contributed by atoms with Crippen molar-refractivity contribution in [3.63, 3.8) is 0 Å². The number of hydrogen-bond acceptors (Lipinski definition) is 1. The summed E-state index contributed by atoms with van der Waals surface area (Å²) in [6.45, 7) is 6.37. The van der Waals surface area contributed by atoms with Gasteiger partial charge in [0, 0.05) is 24.7 Å². The molecule has 3 nitrogen and oxygen atoms in total. The van der Waals surface area contributed by atoms with Crippen LogP contribution >= 0.6 is 11.6 Å². The van der Waals surface area contributed by atoms with Crippen molar-refractivity contribution in [1.29, 1.82) is 0 Å². The Bertz CT molecular complexity index is 395. The summed E-state index contributed by atoms with van der Waals surface area (Å²) in [7, 11) is 0. The number of urea groups is 1. The lowest BCUT2D eigenvalue weighted by molar-refractivity contribution is 0.196. The zero-order valence-electron chi connectivity index (χ0n) is 11.8. The monoisotopic (exact) mass is 282 g/mol. The summed E-state index contributed by atoms with van der Waals surface area (Å²) in [5.74, 6) is 0. The number of amides is 2. The molecule has 0 aliphatic carbocycles. The number of nitrogens with zero attached hydrogens (tertiary/aromatic N) is 1. The van der Waals surface area contributed by atoms with Crippen LogP contribution < -0.4 is 5.32 Å². The number of benzene rings is 1. The Balaban J connectivity index is 2.47. The van der Waals surface area contributed by atoms with Crippen LogP contribution in [0.15, 0.2) is 24.3 Å². The molecule has 0 fully saturated rings. The van der Waals surface area contributed by atoms with E-state index in [4.69, 9.17) is 11.6 Å². The Hall–Kier alpha value is -1.22. The number of nitrogens with one attached hydrogen (secondary N) is 1. The van der Waals surface area contributed by atoms with E-state index in [1.807, 2.05) is 29.2 Å². The molecule has 1 aromatic rings. The van der Waals surface area contributed by atoms with Crippen molar-refractivity contribution < 1.29 is 4.79 Å². The number of hydrogen-bond donors (Lipinski definition) is 1. The quantitative estimate of drug-likeness (QED) is 0.803. The van der Waals surface area contributed by atoms with E-state index in [2.05, 4.69) is 19.2 Å². The minimum Gasteiger partial charge on any atom is -0.334 e. The second-order valence-corrected chi connectivity index (χ2v) is 5.07. The lowest BCUT2D eigenvalue weighted by atomic mass is 10.2. The smallest absolute Gasteiger partial charge is 0.317 e. The van der Waals surface area contributed by atoms with Gasteiger partial charge in [0.1, 0.15) is 0 Å². The molecule has 1 N–H and O–H groups in total. The van der Waals surface area contributed by atoms with Gasteiger partial charge in [0.25, 0.3) is 0 Å². The van der Waals surface area contributed by atoms with E-state index in [1.165, 1.54) is 0 Å². The molecule has 0 radical (unpaired) electrons. The zero-order chi connectivity index (χ0) is 14.1. The minimum atomic E-state index is 0.00951. The van der Waals surface area contributed by atoms with E-state index >= 15 is 0 Å². The molecule has 106 valence electrons. The van der Waals surface area contributed by atoms with E-state index in [9.17, 15) is 4.79 Å². The van der Waals surface area contributed by atoms with Crippen LogP contribution in [0.25, 0.3) is 0 Å². The number of halogens is 1. The van der Waals surface area contributed by atoms with Gasteiger partial charge >= 0.3 is 6.03 Å². The van der Waals surface area contributed by atoms with Gasteiger partial charge in [0.05, 0.1) is 0 Å². The van der Waals surface area contributed by atoms with Gasteiger partial charge in [-0.1, -0.05) is 44.0 Å². The Morgan fingerprint density at radius 2 is 2.05 bits per heavy atom. The van der Waals surface area contributed by atoms with E-state index in [0.29, 0.717) is 11.6 Å². The first-order chi connectivity index (χ1) is 9.17. The maximum Gasteiger partial charge on any atom is 0.317 e. The highest BCUT2D eigenvalue weighted by Crippen LogP contribution is 2.10. The third-order valence-electron chi connectivity index (χ3n) is 2.90. The molecule has 19 heavy (non-hydrogen) atoms. The Morgan fingerprint density at radius 1 is 1.26 bits per heavy atom. The Morgan fingerprint density at radius 3 is 2.68 bits per heavy atom. The molecule has 1 rings (SSSR count). The van der Waals surface area contributed by atoms with Crippen molar-refractivity contribution in [2.24, 2.45) is 0 Å². The van der Waals surface area contributed by atoms with Gasteiger partial charge in [0.2, 0.25) is 0 Å². The van der Waals surface area contributed by atoms with Crippen LogP contribution in [0.5, 0.6) is 0 Å². The van der Waals surface area contributed by atoms with Gasteiger partial charge in [-0.15, -0.1) is 0 Å². The largest absolute Gasteiger partial charge is 0.334 e. The highest BCUT2D eigenvalue weighted by Gasteiger charge is 2.11. The number of carbonyl (C=O) groups excluding carboxylic acids is 1. The maximum atomic E-state index is 12.1. The molecule has 0 saturated heterocycles.